The first kappa shape index (κ1) is 20.6. The fourth-order valence-corrected chi connectivity index (χ4v) is 2.54. The Bertz CT molecular complexity index is 807. The first-order valence-corrected chi connectivity index (χ1v) is 8.76. The summed E-state index contributed by atoms with van der Waals surface area (Å²) < 4.78 is 21.6. The number of nitrogens with one attached hydrogen (secondary N) is 1. The van der Waals surface area contributed by atoms with Crippen LogP contribution in [-0.4, -0.2) is 39.8 Å². The molecule has 2 aromatic carbocycles. The van der Waals surface area contributed by atoms with E-state index in [9.17, 15) is 9.59 Å². The molecule has 0 aliphatic rings. The van der Waals surface area contributed by atoms with E-state index >= 15 is 0 Å². The third-order valence-electron chi connectivity index (χ3n) is 3.68. The number of rotatable bonds is 8. The van der Waals surface area contributed by atoms with Crippen LogP contribution in [0.25, 0.3) is 0 Å². The number of ether oxygens (including phenoxy) is 4. The SMILES string of the molecule is COc1cc(OC)c(OC)cc1CNC(=O)COC(=O)c1ccc(Br)cc1. The van der Waals surface area contributed by atoms with E-state index in [1.54, 1.807) is 36.4 Å². The minimum atomic E-state index is -0.568. The van der Waals surface area contributed by atoms with Crippen molar-refractivity contribution >= 4 is 27.8 Å². The fourth-order valence-electron chi connectivity index (χ4n) is 2.28. The van der Waals surface area contributed by atoms with E-state index in [2.05, 4.69) is 21.2 Å². The highest BCUT2D eigenvalue weighted by Crippen LogP contribution is 2.34. The molecule has 1 N–H and O–H groups in total. The molecule has 0 bridgehead atoms. The molecular formula is C19H20BrNO6. The molecule has 2 rings (SSSR count). The highest BCUT2D eigenvalue weighted by molar-refractivity contribution is 9.10. The highest BCUT2D eigenvalue weighted by Gasteiger charge is 2.14. The van der Waals surface area contributed by atoms with E-state index in [0.717, 1.165) is 4.47 Å². The lowest BCUT2D eigenvalue weighted by Crippen LogP contribution is -2.28. The Morgan fingerprint density at radius 2 is 1.52 bits per heavy atom. The molecule has 7 nitrogen and oxygen atoms in total. The van der Waals surface area contributed by atoms with Crippen LogP contribution >= 0.6 is 15.9 Å². The van der Waals surface area contributed by atoms with Gasteiger partial charge in [-0.2, -0.15) is 0 Å². The van der Waals surface area contributed by atoms with Gasteiger partial charge >= 0.3 is 5.97 Å². The van der Waals surface area contributed by atoms with Gasteiger partial charge in [-0.3, -0.25) is 4.79 Å². The van der Waals surface area contributed by atoms with Crippen molar-refractivity contribution < 1.29 is 28.5 Å². The van der Waals surface area contributed by atoms with Gasteiger partial charge in [0.1, 0.15) is 5.75 Å². The third-order valence-corrected chi connectivity index (χ3v) is 4.21. The molecule has 0 aliphatic heterocycles. The van der Waals surface area contributed by atoms with E-state index in [1.807, 2.05) is 0 Å². The van der Waals surface area contributed by atoms with Crippen molar-refractivity contribution in [1.82, 2.24) is 5.32 Å². The molecule has 27 heavy (non-hydrogen) atoms. The molecule has 0 aliphatic carbocycles. The Balaban J connectivity index is 1.93. The molecule has 0 spiro atoms. The average molecular weight is 438 g/mol. The standard InChI is InChI=1S/C19H20BrNO6/c1-24-15-9-17(26-3)16(25-2)8-13(15)10-21-18(22)11-27-19(23)12-4-6-14(20)7-5-12/h4-9H,10-11H2,1-3H3,(H,21,22). The first-order chi connectivity index (χ1) is 13.0. The number of hydrogen-bond donors (Lipinski definition) is 1. The number of halogens is 1. The summed E-state index contributed by atoms with van der Waals surface area (Å²) in [6, 6.07) is 10.1. The summed E-state index contributed by atoms with van der Waals surface area (Å²) in [4.78, 5) is 23.9. The van der Waals surface area contributed by atoms with Crippen LogP contribution in [-0.2, 0) is 16.1 Å². The maximum atomic E-state index is 12.0. The van der Waals surface area contributed by atoms with Gasteiger partial charge in [-0.1, -0.05) is 15.9 Å². The number of benzene rings is 2. The zero-order valence-electron chi connectivity index (χ0n) is 15.2. The molecule has 0 unspecified atom stereocenters. The van der Waals surface area contributed by atoms with Crippen LogP contribution in [0.15, 0.2) is 40.9 Å². The van der Waals surface area contributed by atoms with E-state index < -0.39 is 11.9 Å². The van der Waals surface area contributed by atoms with Crippen molar-refractivity contribution in [2.75, 3.05) is 27.9 Å². The second-order valence-corrected chi connectivity index (χ2v) is 6.29. The lowest BCUT2D eigenvalue weighted by molar-refractivity contribution is -0.124. The number of esters is 1. The zero-order chi connectivity index (χ0) is 19.8. The molecule has 0 saturated carbocycles. The summed E-state index contributed by atoms with van der Waals surface area (Å²) >= 11 is 3.29. The summed E-state index contributed by atoms with van der Waals surface area (Å²) in [6.07, 6.45) is 0. The van der Waals surface area contributed by atoms with Crippen LogP contribution < -0.4 is 19.5 Å². The van der Waals surface area contributed by atoms with Gasteiger partial charge < -0.3 is 24.3 Å². The minimum Gasteiger partial charge on any atom is -0.496 e. The van der Waals surface area contributed by atoms with Crippen molar-refractivity contribution in [3.63, 3.8) is 0 Å². The second-order valence-electron chi connectivity index (χ2n) is 5.38. The van der Waals surface area contributed by atoms with E-state index in [-0.39, 0.29) is 13.2 Å². The highest BCUT2D eigenvalue weighted by atomic mass is 79.9. The Kier molecular flexibility index (Phi) is 7.48. The number of carbonyl (C=O) groups excluding carboxylic acids is 2. The molecule has 1 amide bonds. The van der Waals surface area contributed by atoms with Crippen LogP contribution in [0, 0.1) is 0 Å². The molecule has 8 heteroatoms. The molecule has 144 valence electrons. The van der Waals surface area contributed by atoms with Crippen LogP contribution in [0.2, 0.25) is 0 Å². The summed E-state index contributed by atoms with van der Waals surface area (Å²) in [6.45, 7) is -0.206. The van der Waals surface area contributed by atoms with Gasteiger partial charge in [-0.25, -0.2) is 4.79 Å². The lowest BCUT2D eigenvalue weighted by Gasteiger charge is -2.14. The first-order valence-electron chi connectivity index (χ1n) is 7.96. The van der Waals surface area contributed by atoms with Crippen LogP contribution in [0.5, 0.6) is 17.2 Å². The number of hydrogen-bond acceptors (Lipinski definition) is 6. The zero-order valence-corrected chi connectivity index (χ0v) is 16.8. The fraction of sp³-hybridized carbons (Fsp3) is 0.263. The molecule has 2 aromatic rings. The monoisotopic (exact) mass is 437 g/mol. The number of amides is 1. The number of carbonyl (C=O) groups is 2. The largest absolute Gasteiger partial charge is 0.496 e. The Morgan fingerprint density at radius 3 is 2.11 bits per heavy atom. The predicted octanol–water partition coefficient (Wildman–Crippen LogP) is 2.95. The second kappa shape index (κ2) is 9.82. The van der Waals surface area contributed by atoms with Crippen LogP contribution in [0.4, 0.5) is 0 Å². The van der Waals surface area contributed by atoms with Crippen molar-refractivity contribution in [2.24, 2.45) is 0 Å². The quantitative estimate of drug-likeness (QED) is 0.639. The predicted molar refractivity (Wildman–Crippen MR) is 102 cm³/mol. The molecule has 0 heterocycles. The molecule has 0 aromatic heterocycles. The van der Waals surface area contributed by atoms with Crippen LogP contribution in [0.1, 0.15) is 15.9 Å². The van der Waals surface area contributed by atoms with Crippen molar-refractivity contribution in [1.29, 1.82) is 0 Å². The van der Waals surface area contributed by atoms with Crippen molar-refractivity contribution in [3.05, 3.63) is 52.0 Å². The van der Waals surface area contributed by atoms with E-state index in [0.29, 0.717) is 28.4 Å². The summed E-state index contributed by atoms with van der Waals surface area (Å²) in [5.41, 5.74) is 1.07. The minimum absolute atomic E-state index is 0.179. The topological polar surface area (TPSA) is 83.1 Å². The smallest absolute Gasteiger partial charge is 0.338 e. The molecule has 0 radical (unpaired) electrons. The van der Waals surface area contributed by atoms with E-state index in [4.69, 9.17) is 18.9 Å². The van der Waals surface area contributed by atoms with Crippen LogP contribution in [0.3, 0.4) is 0 Å². The normalized spacial score (nSPS) is 10.1. The Hall–Kier alpha value is -2.74. The van der Waals surface area contributed by atoms with Crippen molar-refractivity contribution in [2.45, 2.75) is 6.54 Å². The molecule has 0 fully saturated rings. The average Bonchev–Trinajstić information content (AvgIpc) is 2.70. The summed E-state index contributed by atoms with van der Waals surface area (Å²) in [7, 11) is 4.57. The van der Waals surface area contributed by atoms with Gasteiger partial charge in [0.15, 0.2) is 18.1 Å². The van der Waals surface area contributed by atoms with Gasteiger partial charge in [0, 0.05) is 22.6 Å². The molecule has 0 saturated heterocycles. The lowest BCUT2D eigenvalue weighted by atomic mass is 10.1. The van der Waals surface area contributed by atoms with Gasteiger partial charge in [0.2, 0.25) is 0 Å². The van der Waals surface area contributed by atoms with Crippen molar-refractivity contribution in [3.8, 4) is 17.2 Å². The van der Waals surface area contributed by atoms with E-state index in [1.165, 1.54) is 21.3 Å². The van der Waals surface area contributed by atoms with Gasteiger partial charge in [-0.15, -0.1) is 0 Å². The van der Waals surface area contributed by atoms with Gasteiger partial charge in [0.05, 0.1) is 26.9 Å². The number of methoxy groups -OCH3 is 3. The maximum absolute atomic E-state index is 12.0. The Labute approximate surface area is 165 Å². The Morgan fingerprint density at radius 1 is 0.926 bits per heavy atom. The van der Waals surface area contributed by atoms with Gasteiger partial charge in [-0.05, 0) is 30.3 Å². The summed E-state index contributed by atoms with van der Waals surface area (Å²) in [5, 5.41) is 2.68. The third kappa shape index (κ3) is 5.62. The molecular weight excluding hydrogens is 418 g/mol. The molecule has 0 atom stereocenters. The summed E-state index contributed by atoms with van der Waals surface area (Å²) in [5.74, 6) is 0.579. The van der Waals surface area contributed by atoms with Gasteiger partial charge in [0.25, 0.3) is 5.91 Å². The maximum Gasteiger partial charge on any atom is 0.338 e.